The van der Waals surface area contributed by atoms with Crippen molar-refractivity contribution in [1.29, 1.82) is 0 Å². The van der Waals surface area contributed by atoms with Gasteiger partial charge in [0, 0.05) is 31.3 Å². The molecule has 1 aliphatic carbocycles. The second-order valence-corrected chi connectivity index (χ2v) is 6.25. The lowest BCUT2D eigenvalue weighted by molar-refractivity contribution is -0.248. The van der Waals surface area contributed by atoms with E-state index in [4.69, 9.17) is 4.74 Å². The fourth-order valence-electron chi connectivity index (χ4n) is 3.18. The summed E-state index contributed by atoms with van der Waals surface area (Å²) in [6, 6.07) is 0. The Morgan fingerprint density at radius 1 is 1.28 bits per heavy atom. The minimum Gasteiger partial charge on any atom is -0.374 e. The molecule has 25 heavy (non-hydrogen) atoms. The Hall–Kier alpha value is -1.70. The largest absolute Gasteiger partial charge is 0.374 e. The maximum Gasteiger partial charge on any atom is 0.214 e. The number of aryl methyl sites for hydroxylation is 1. The highest BCUT2D eigenvalue weighted by molar-refractivity contribution is 5.62. The number of nitrogens with zero attached hydrogens (tertiary/aromatic N) is 1. The molecule has 1 aromatic rings. The number of aromatic nitrogens is 1. The summed E-state index contributed by atoms with van der Waals surface area (Å²) in [5.74, 6) is -0.799. The van der Waals surface area contributed by atoms with Crippen LogP contribution in [0.4, 0.5) is 10.1 Å². The van der Waals surface area contributed by atoms with Crippen molar-refractivity contribution in [2.45, 2.75) is 52.2 Å². The van der Waals surface area contributed by atoms with Crippen LogP contribution in [0.3, 0.4) is 0 Å². The summed E-state index contributed by atoms with van der Waals surface area (Å²) in [5, 5.41) is 0. The standard InChI is InChI=1S/C18H27FN2O4/c1-5-6-7-8-9-21-11-15(20-25-24-4)17(22)13-10-14(19)12(2)18(23-3)16(13)21/h10-12,18,20H,5-9H2,1-4H3. The van der Waals surface area contributed by atoms with Gasteiger partial charge in [0.15, 0.2) is 0 Å². The average molecular weight is 354 g/mol. The maximum absolute atomic E-state index is 14.3. The fourth-order valence-corrected chi connectivity index (χ4v) is 3.18. The number of anilines is 1. The molecule has 0 amide bonds. The summed E-state index contributed by atoms with van der Waals surface area (Å²) in [5.41, 5.74) is 3.32. The molecule has 2 unspecified atom stereocenters. The summed E-state index contributed by atoms with van der Waals surface area (Å²) >= 11 is 0. The van der Waals surface area contributed by atoms with E-state index in [9.17, 15) is 9.18 Å². The number of ether oxygens (including phenoxy) is 1. The van der Waals surface area contributed by atoms with Crippen LogP contribution < -0.4 is 10.9 Å². The Morgan fingerprint density at radius 3 is 2.68 bits per heavy atom. The zero-order valence-corrected chi connectivity index (χ0v) is 15.3. The van der Waals surface area contributed by atoms with Crippen molar-refractivity contribution < 1.29 is 19.0 Å². The highest BCUT2D eigenvalue weighted by atomic mass is 19.1. The molecule has 0 aliphatic heterocycles. The highest BCUT2D eigenvalue weighted by Gasteiger charge is 2.33. The van der Waals surface area contributed by atoms with Crippen molar-refractivity contribution in [3.05, 3.63) is 33.5 Å². The van der Waals surface area contributed by atoms with E-state index in [2.05, 4.69) is 22.3 Å². The van der Waals surface area contributed by atoms with Gasteiger partial charge < -0.3 is 9.30 Å². The summed E-state index contributed by atoms with van der Waals surface area (Å²) in [4.78, 5) is 21.9. The van der Waals surface area contributed by atoms with E-state index in [1.165, 1.54) is 20.3 Å². The molecule has 0 aromatic carbocycles. The Kier molecular flexibility index (Phi) is 7.16. The number of fused-ring (bicyclic) bond motifs is 1. The van der Waals surface area contributed by atoms with Crippen LogP contribution in [-0.4, -0.2) is 18.8 Å². The molecule has 0 radical (unpaired) electrons. The van der Waals surface area contributed by atoms with Crippen molar-refractivity contribution in [3.63, 3.8) is 0 Å². The van der Waals surface area contributed by atoms with Gasteiger partial charge in [0.1, 0.15) is 17.6 Å². The predicted octanol–water partition coefficient (Wildman–Crippen LogP) is 3.98. The van der Waals surface area contributed by atoms with E-state index in [0.717, 1.165) is 25.7 Å². The van der Waals surface area contributed by atoms with Crippen molar-refractivity contribution in [1.82, 2.24) is 4.57 Å². The number of halogens is 1. The number of nitrogens with one attached hydrogen (secondary N) is 1. The summed E-state index contributed by atoms with van der Waals surface area (Å²) < 4.78 is 21.8. The zero-order valence-electron chi connectivity index (χ0n) is 15.3. The Labute approximate surface area is 147 Å². The smallest absolute Gasteiger partial charge is 0.214 e. The van der Waals surface area contributed by atoms with Crippen LogP contribution in [0, 0.1) is 5.92 Å². The Bertz CT molecular complexity index is 672. The lowest BCUT2D eigenvalue weighted by atomic mass is 9.89. The van der Waals surface area contributed by atoms with Crippen LogP contribution >= 0.6 is 0 Å². The molecule has 0 saturated heterocycles. The lowest BCUT2D eigenvalue weighted by Gasteiger charge is -2.30. The molecule has 0 saturated carbocycles. The van der Waals surface area contributed by atoms with Gasteiger partial charge in [0.2, 0.25) is 5.43 Å². The van der Waals surface area contributed by atoms with Gasteiger partial charge in [-0.1, -0.05) is 33.1 Å². The molecule has 0 fully saturated rings. The van der Waals surface area contributed by atoms with Gasteiger partial charge in [-0.05, 0) is 12.5 Å². The first-order chi connectivity index (χ1) is 12.0. The number of rotatable bonds is 9. The van der Waals surface area contributed by atoms with Gasteiger partial charge in [-0.25, -0.2) is 14.8 Å². The molecule has 1 N–H and O–H groups in total. The average Bonchev–Trinajstić information content (AvgIpc) is 2.61. The van der Waals surface area contributed by atoms with Gasteiger partial charge in [0.05, 0.1) is 12.8 Å². The van der Waals surface area contributed by atoms with E-state index in [1.54, 1.807) is 13.1 Å². The van der Waals surface area contributed by atoms with Crippen molar-refractivity contribution in [2.24, 2.45) is 5.92 Å². The summed E-state index contributed by atoms with van der Waals surface area (Å²) in [7, 11) is 2.87. The third-order valence-electron chi connectivity index (χ3n) is 4.54. The van der Waals surface area contributed by atoms with Crippen LogP contribution in [0.1, 0.15) is 56.9 Å². The fraction of sp³-hybridized carbons (Fsp3) is 0.611. The molecule has 0 spiro atoms. The maximum atomic E-state index is 14.3. The van der Waals surface area contributed by atoms with Crippen molar-refractivity contribution in [3.8, 4) is 0 Å². The number of hydrogen-bond acceptors (Lipinski definition) is 5. The molecule has 1 aromatic heterocycles. The predicted molar refractivity (Wildman–Crippen MR) is 94.6 cm³/mol. The minimum atomic E-state index is -0.503. The number of pyridine rings is 1. The molecule has 1 aliphatic rings. The molecule has 2 atom stereocenters. The van der Waals surface area contributed by atoms with Crippen LogP contribution in [0.15, 0.2) is 16.8 Å². The summed E-state index contributed by atoms with van der Waals surface area (Å²) in [6.45, 7) is 4.63. The monoisotopic (exact) mass is 354 g/mol. The first-order valence-corrected chi connectivity index (χ1v) is 8.68. The van der Waals surface area contributed by atoms with Gasteiger partial charge in [-0.3, -0.25) is 4.79 Å². The Balaban J connectivity index is 2.49. The molecular weight excluding hydrogens is 327 g/mol. The molecule has 6 nitrogen and oxygen atoms in total. The summed E-state index contributed by atoms with van der Waals surface area (Å²) in [6.07, 6.45) is 6.83. The number of methoxy groups -OCH3 is 1. The molecule has 2 rings (SSSR count). The quantitative estimate of drug-likeness (QED) is 0.413. The molecular formula is C18H27FN2O4. The highest BCUT2D eigenvalue weighted by Crippen LogP contribution is 2.38. The SMILES string of the molecule is CCCCCCn1cc(NOOC)c(=O)c2c1C(OC)C(C)C(F)=C2. The first kappa shape index (κ1) is 19.6. The minimum absolute atomic E-state index is 0.199. The normalized spacial score (nSPS) is 19.5. The zero-order chi connectivity index (χ0) is 18.4. The topological polar surface area (TPSA) is 61.7 Å². The van der Waals surface area contributed by atoms with E-state index >= 15 is 0 Å². The Morgan fingerprint density at radius 2 is 2.04 bits per heavy atom. The van der Waals surface area contributed by atoms with Gasteiger partial charge >= 0.3 is 0 Å². The van der Waals surface area contributed by atoms with Gasteiger partial charge in [-0.2, -0.15) is 0 Å². The van der Waals surface area contributed by atoms with Crippen LogP contribution in [0.2, 0.25) is 0 Å². The van der Waals surface area contributed by atoms with E-state index in [1.807, 2.05) is 4.57 Å². The van der Waals surface area contributed by atoms with Gasteiger partial charge in [-0.15, -0.1) is 4.99 Å². The number of hydrogen-bond donors (Lipinski definition) is 1. The molecule has 7 heteroatoms. The van der Waals surface area contributed by atoms with E-state index in [-0.39, 0.29) is 16.9 Å². The van der Waals surface area contributed by atoms with Crippen molar-refractivity contribution >= 4 is 11.8 Å². The third-order valence-corrected chi connectivity index (χ3v) is 4.54. The second-order valence-electron chi connectivity index (χ2n) is 6.25. The third kappa shape index (κ3) is 4.29. The molecule has 0 bridgehead atoms. The van der Waals surface area contributed by atoms with Crippen LogP contribution in [0.5, 0.6) is 0 Å². The van der Waals surface area contributed by atoms with Crippen molar-refractivity contribution in [2.75, 3.05) is 19.7 Å². The molecule has 1 heterocycles. The van der Waals surface area contributed by atoms with Gasteiger partial charge in [0.25, 0.3) is 0 Å². The van der Waals surface area contributed by atoms with Crippen LogP contribution in [-0.2, 0) is 21.2 Å². The van der Waals surface area contributed by atoms with E-state index in [0.29, 0.717) is 17.8 Å². The second kappa shape index (κ2) is 9.12. The van der Waals surface area contributed by atoms with Crippen LogP contribution in [0.25, 0.3) is 6.08 Å². The van der Waals surface area contributed by atoms with E-state index < -0.39 is 12.0 Å². The first-order valence-electron chi connectivity index (χ1n) is 8.68. The number of unbranched alkanes of at least 4 members (excludes halogenated alkanes) is 3. The molecule has 140 valence electrons. The lowest BCUT2D eigenvalue weighted by Crippen LogP contribution is -2.29.